The monoisotopic (exact) mass is 362 g/mol. The van der Waals surface area contributed by atoms with Gasteiger partial charge in [-0.3, -0.25) is 4.55 Å². The first-order valence-electron chi connectivity index (χ1n) is 6.88. The van der Waals surface area contributed by atoms with Crippen LogP contribution < -0.4 is 5.73 Å². The van der Waals surface area contributed by atoms with Crippen LogP contribution in [0.3, 0.4) is 0 Å². The van der Waals surface area contributed by atoms with Crippen molar-refractivity contribution in [3.8, 4) is 0 Å². The van der Waals surface area contributed by atoms with Crippen LogP contribution in [0.1, 0.15) is 11.1 Å². The van der Waals surface area contributed by atoms with Crippen molar-refractivity contribution in [3.05, 3.63) is 71.8 Å². The number of benzene rings is 2. The molecule has 0 aliphatic rings. The lowest BCUT2D eigenvalue weighted by Crippen LogP contribution is -2.02. The van der Waals surface area contributed by atoms with Gasteiger partial charge in [-0.1, -0.05) is 54.1 Å². The smallest absolute Gasteiger partial charge is 0.294 e. The molecule has 0 fully saturated rings. The highest BCUT2D eigenvalue weighted by atomic mass is 32.2. The van der Waals surface area contributed by atoms with Crippen LogP contribution in [0.25, 0.3) is 6.08 Å². The van der Waals surface area contributed by atoms with Gasteiger partial charge < -0.3 is 5.73 Å². The van der Waals surface area contributed by atoms with Gasteiger partial charge in [-0.2, -0.15) is 8.42 Å². The Kier molecular flexibility index (Phi) is 7.97. The molecular formula is C17H18N2O3S2. The lowest BCUT2D eigenvalue weighted by Gasteiger charge is -1.95. The van der Waals surface area contributed by atoms with E-state index in [1.54, 1.807) is 24.4 Å². The topological polar surface area (TPSA) is 92.8 Å². The summed E-state index contributed by atoms with van der Waals surface area (Å²) in [6, 6.07) is 15.9. The highest BCUT2D eigenvalue weighted by Crippen LogP contribution is 2.08. The Balaban J connectivity index is 0.000000243. The van der Waals surface area contributed by atoms with Crippen LogP contribution in [-0.4, -0.2) is 24.3 Å². The Bertz CT molecular complexity index is 813. The average molecular weight is 362 g/mol. The Hall–Kier alpha value is -2.35. The summed E-state index contributed by atoms with van der Waals surface area (Å²) < 4.78 is 29.6. The van der Waals surface area contributed by atoms with Gasteiger partial charge in [0.1, 0.15) is 0 Å². The molecule has 0 spiro atoms. The Morgan fingerprint density at radius 1 is 1.12 bits per heavy atom. The second-order valence-corrected chi connectivity index (χ2v) is 6.51. The fraction of sp³-hybridized carbons (Fsp3) is 0.0588. The molecule has 0 saturated carbocycles. The van der Waals surface area contributed by atoms with E-state index in [0.717, 1.165) is 11.1 Å². The molecule has 2 rings (SSSR count). The van der Waals surface area contributed by atoms with E-state index in [1.807, 2.05) is 43.3 Å². The summed E-state index contributed by atoms with van der Waals surface area (Å²) in [6.07, 6.45) is 5.31. The molecule has 3 N–H and O–H groups in total. The number of rotatable bonds is 3. The van der Waals surface area contributed by atoms with E-state index < -0.39 is 10.1 Å². The molecule has 0 unspecified atom stereocenters. The van der Waals surface area contributed by atoms with Crippen molar-refractivity contribution in [2.45, 2.75) is 11.8 Å². The van der Waals surface area contributed by atoms with Crippen LogP contribution >= 0.6 is 12.2 Å². The summed E-state index contributed by atoms with van der Waals surface area (Å²) in [7, 11) is -4.02. The summed E-state index contributed by atoms with van der Waals surface area (Å²) in [5, 5.41) is 0.151. The van der Waals surface area contributed by atoms with Crippen molar-refractivity contribution in [3.63, 3.8) is 0 Å². The SMILES string of the molecule is Cc1ccc(S(=O)(=O)O)cc1.NC(=S)/N=C/C=C\c1ccccc1. The number of hydrogen-bond donors (Lipinski definition) is 2. The van der Waals surface area contributed by atoms with E-state index in [0.29, 0.717) is 0 Å². The van der Waals surface area contributed by atoms with E-state index in [2.05, 4.69) is 17.2 Å². The summed E-state index contributed by atoms with van der Waals surface area (Å²) in [4.78, 5) is 3.67. The maximum atomic E-state index is 10.5. The van der Waals surface area contributed by atoms with Crippen molar-refractivity contribution in [2.24, 2.45) is 10.7 Å². The number of allylic oxidation sites excluding steroid dienone is 1. The lowest BCUT2D eigenvalue weighted by molar-refractivity contribution is 0.483. The molecule has 0 aromatic heterocycles. The maximum Gasteiger partial charge on any atom is 0.294 e. The molecular weight excluding hydrogens is 344 g/mol. The summed E-state index contributed by atoms with van der Waals surface area (Å²) in [5.41, 5.74) is 7.25. The third kappa shape index (κ3) is 8.33. The number of nitrogens with zero attached hydrogens (tertiary/aromatic N) is 1. The second-order valence-electron chi connectivity index (χ2n) is 4.67. The quantitative estimate of drug-likeness (QED) is 0.497. The van der Waals surface area contributed by atoms with Gasteiger partial charge in [-0.25, -0.2) is 4.99 Å². The molecule has 0 aliphatic carbocycles. The van der Waals surface area contributed by atoms with Crippen LogP contribution in [-0.2, 0) is 10.1 Å². The molecule has 2 aromatic rings. The predicted molar refractivity (Wildman–Crippen MR) is 102 cm³/mol. The fourth-order valence-corrected chi connectivity index (χ4v) is 2.09. The van der Waals surface area contributed by atoms with Gasteiger partial charge in [0, 0.05) is 6.21 Å². The van der Waals surface area contributed by atoms with Gasteiger partial charge in [0.05, 0.1) is 4.90 Å². The molecule has 0 radical (unpaired) electrons. The van der Waals surface area contributed by atoms with E-state index >= 15 is 0 Å². The Labute approximate surface area is 147 Å². The number of thiocarbonyl (C=S) groups is 1. The van der Waals surface area contributed by atoms with E-state index in [9.17, 15) is 8.42 Å². The second kappa shape index (κ2) is 9.71. The number of aliphatic imine (C=N–C) groups is 1. The lowest BCUT2D eigenvalue weighted by atomic mass is 10.2. The Morgan fingerprint density at radius 2 is 1.71 bits per heavy atom. The zero-order valence-electron chi connectivity index (χ0n) is 13.0. The minimum absolute atomic E-state index is 0.0666. The molecule has 0 amide bonds. The average Bonchev–Trinajstić information content (AvgIpc) is 2.53. The fourth-order valence-electron chi connectivity index (χ4n) is 1.55. The molecule has 2 aromatic carbocycles. The highest BCUT2D eigenvalue weighted by Gasteiger charge is 2.06. The molecule has 0 saturated heterocycles. The molecule has 0 heterocycles. The van der Waals surface area contributed by atoms with Gasteiger partial charge in [0.25, 0.3) is 10.1 Å². The summed E-state index contributed by atoms with van der Waals surface area (Å²) in [6.45, 7) is 1.84. The third-order valence-electron chi connectivity index (χ3n) is 2.69. The Morgan fingerprint density at radius 3 is 2.21 bits per heavy atom. The minimum atomic E-state index is -4.02. The number of aryl methyl sites for hydroxylation is 1. The zero-order valence-corrected chi connectivity index (χ0v) is 14.7. The van der Waals surface area contributed by atoms with E-state index in [1.165, 1.54) is 12.1 Å². The standard InChI is InChI=1S/C10H10N2S.C7H8O3S/c11-10(13)12-8-4-7-9-5-2-1-3-6-9;1-6-2-4-7(5-3-6)11(8,9)10/h1-8H,(H2,11,13);2-5H,1H3,(H,8,9,10)/b7-4-,12-8+;. The molecule has 0 bridgehead atoms. The summed E-state index contributed by atoms with van der Waals surface area (Å²) in [5.74, 6) is 0. The molecule has 5 nitrogen and oxygen atoms in total. The van der Waals surface area contributed by atoms with Crippen molar-refractivity contribution >= 4 is 39.7 Å². The first-order chi connectivity index (χ1) is 11.3. The van der Waals surface area contributed by atoms with Crippen LogP contribution in [0.15, 0.2) is 70.6 Å². The van der Waals surface area contributed by atoms with Crippen LogP contribution in [0.5, 0.6) is 0 Å². The highest BCUT2D eigenvalue weighted by molar-refractivity contribution is 7.85. The molecule has 126 valence electrons. The molecule has 0 atom stereocenters. The van der Waals surface area contributed by atoms with E-state index in [4.69, 9.17) is 10.3 Å². The van der Waals surface area contributed by atoms with Crippen LogP contribution in [0.2, 0.25) is 0 Å². The van der Waals surface area contributed by atoms with Gasteiger partial charge in [-0.05, 0) is 42.9 Å². The van der Waals surface area contributed by atoms with Crippen molar-refractivity contribution in [1.29, 1.82) is 0 Å². The normalized spacial score (nSPS) is 11.2. The maximum absolute atomic E-state index is 10.5. The van der Waals surface area contributed by atoms with E-state index in [-0.39, 0.29) is 10.0 Å². The molecule has 7 heteroatoms. The number of nitrogens with two attached hydrogens (primary N) is 1. The van der Waals surface area contributed by atoms with Crippen LogP contribution in [0, 0.1) is 6.92 Å². The van der Waals surface area contributed by atoms with Crippen molar-refractivity contribution < 1.29 is 13.0 Å². The van der Waals surface area contributed by atoms with Crippen molar-refractivity contribution in [2.75, 3.05) is 0 Å². The third-order valence-corrected chi connectivity index (χ3v) is 3.67. The largest absolute Gasteiger partial charge is 0.374 e. The minimum Gasteiger partial charge on any atom is -0.374 e. The number of hydrogen-bond acceptors (Lipinski definition) is 3. The zero-order chi connectivity index (χ0) is 18.0. The van der Waals surface area contributed by atoms with Gasteiger partial charge in [0.2, 0.25) is 0 Å². The van der Waals surface area contributed by atoms with Gasteiger partial charge >= 0.3 is 0 Å². The van der Waals surface area contributed by atoms with Gasteiger partial charge in [-0.15, -0.1) is 0 Å². The molecule has 24 heavy (non-hydrogen) atoms. The van der Waals surface area contributed by atoms with Gasteiger partial charge in [0.15, 0.2) is 5.11 Å². The molecule has 0 aliphatic heterocycles. The first kappa shape index (κ1) is 19.7. The predicted octanol–water partition coefficient (Wildman–Crippen LogP) is 3.26. The van der Waals surface area contributed by atoms with Crippen molar-refractivity contribution in [1.82, 2.24) is 0 Å². The summed E-state index contributed by atoms with van der Waals surface area (Å²) >= 11 is 4.57. The van der Waals surface area contributed by atoms with Crippen LogP contribution in [0.4, 0.5) is 0 Å². The first-order valence-corrected chi connectivity index (χ1v) is 8.73.